The predicted molar refractivity (Wildman–Crippen MR) is 80.8 cm³/mol. The predicted octanol–water partition coefficient (Wildman–Crippen LogP) is 2.11. The molecule has 7 heteroatoms. The summed E-state index contributed by atoms with van der Waals surface area (Å²) >= 11 is 1.61. The number of carboxylic acid groups (broad SMARTS) is 1. The van der Waals surface area contributed by atoms with Gasteiger partial charge in [-0.2, -0.15) is 0 Å². The maximum absolute atomic E-state index is 12.2. The van der Waals surface area contributed by atoms with Gasteiger partial charge in [-0.05, 0) is 30.5 Å². The van der Waals surface area contributed by atoms with Crippen LogP contribution in [0.4, 0.5) is 10.5 Å². The average molecular weight is 310 g/mol. The number of hydrogen-bond donors (Lipinski definition) is 2. The molecule has 6 nitrogen and oxygen atoms in total. The van der Waals surface area contributed by atoms with Crippen LogP contribution in [0.1, 0.15) is 6.42 Å². The number of thioether (sulfide) groups is 1. The molecule has 0 spiro atoms. The molecule has 0 saturated carbocycles. The maximum Gasteiger partial charge on any atom is 0.326 e. The molecule has 0 aliphatic carbocycles. The SMILES string of the molecule is COC1CC(C(=O)O)N(C(=O)Nc2ccc(SC)cc2)C1. The smallest absolute Gasteiger partial charge is 0.326 e. The van der Waals surface area contributed by atoms with E-state index < -0.39 is 18.0 Å². The number of carboxylic acids is 1. The highest BCUT2D eigenvalue weighted by Gasteiger charge is 2.39. The van der Waals surface area contributed by atoms with E-state index in [0.29, 0.717) is 12.1 Å². The van der Waals surface area contributed by atoms with E-state index in [0.717, 1.165) is 4.90 Å². The molecule has 2 N–H and O–H groups in total. The first-order valence-electron chi connectivity index (χ1n) is 6.52. The summed E-state index contributed by atoms with van der Waals surface area (Å²) in [5.74, 6) is -1.01. The van der Waals surface area contributed by atoms with Crippen molar-refractivity contribution < 1.29 is 19.4 Å². The number of carbonyl (C=O) groups excluding carboxylic acids is 1. The van der Waals surface area contributed by atoms with Crippen LogP contribution >= 0.6 is 11.8 Å². The third kappa shape index (κ3) is 3.68. The minimum Gasteiger partial charge on any atom is -0.480 e. The van der Waals surface area contributed by atoms with Crippen LogP contribution in [0.2, 0.25) is 0 Å². The lowest BCUT2D eigenvalue weighted by Gasteiger charge is -2.21. The van der Waals surface area contributed by atoms with E-state index in [9.17, 15) is 14.7 Å². The molecule has 1 aliphatic rings. The number of amides is 2. The lowest BCUT2D eigenvalue weighted by atomic mass is 10.2. The number of likely N-dealkylation sites (tertiary alicyclic amines) is 1. The van der Waals surface area contributed by atoms with Crippen LogP contribution in [0.5, 0.6) is 0 Å². The number of ether oxygens (including phenoxy) is 1. The third-order valence-corrected chi connectivity index (χ3v) is 4.23. The standard InChI is InChI=1S/C14H18N2O4S/c1-20-10-7-12(13(17)18)16(8-10)14(19)15-9-3-5-11(21-2)6-4-9/h3-6,10,12H,7-8H2,1-2H3,(H,15,19)(H,17,18). The summed E-state index contributed by atoms with van der Waals surface area (Å²) in [7, 11) is 1.52. The summed E-state index contributed by atoms with van der Waals surface area (Å²) in [5, 5.41) is 11.9. The van der Waals surface area contributed by atoms with E-state index in [2.05, 4.69) is 5.32 Å². The number of methoxy groups -OCH3 is 1. The first-order chi connectivity index (χ1) is 10.0. The summed E-state index contributed by atoms with van der Waals surface area (Å²) in [5.41, 5.74) is 0.641. The number of nitrogens with one attached hydrogen (secondary N) is 1. The Balaban J connectivity index is 2.05. The van der Waals surface area contributed by atoms with Gasteiger partial charge in [-0.1, -0.05) is 0 Å². The number of aliphatic carboxylic acids is 1. The summed E-state index contributed by atoms with van der Waals surface area (Å²) in [6.45, 7) is 0.280. The van der Waals surface area contributed by atoms with Gasteiger partial charge in [0.05, 0.1) is 6.10 Å². The van der Waals surface area contributed by atoms with Crippen molar-refractivity contribution >= 4 is 29.4 Å². The third-order valence-electron chi connectivity index (χ3n) is 3.48. The minimum absolute atomic E-state index is 0.240. The van der Waals surface area contributed by atoms with Crippen molar-refractivity contribution in [1.82, 2.24) is 4.90 Å². The van der Waals surface area contributed by atoms with Gasteiger partial charge in [0.2, 0.25) is 0 Å². The van der Waals surface area contributed by atoms with Crippen LogP contribution < -0.4 is 5.32 Å². The van der Waals surface area contributed by atoms with Crippen LogP contribution in [0, 0.1) is 0 Å². The van der Waals surface area contributed by atoms with Gasteiger partial charge in [0.15, 0.2) is 0 Å². The molecule has 0 aromatic heterocycles. The Morgan fingerprint density at radius 3 is 2.57 bits per heavy atom. The number of anilines is 1. The molecule has 2 atom stereocenters. The highest BCUT2D eigenvalue weighted by Crippen LogP contribution is 2.22. The van der Waals surface area contributed by atoms with Crippen molar-refractivity contribution in [2.75, 3.05) is 25.2 Å². The second-order valence-electron chi connectivity index (χ2n) is 4.76. The van der Waals surface area contributed by atoms with E-state index in [1.807, 2.05) is 18.4 Å². The van der Waals surface area contributed by atoms with Crippen molar-refractivity contribution in [3.8, 4) is 0 Å². The summed E-state index contributed by atoms with van der Waals surface area (Å²) in [6.07, 6.45) is 2.04. The van der Waals surface area contributed by atoms with Crippen LogP contribution in [-0.4, -0.2) is 54.1 Å². The topological polar surface area (TPSA) is 78.9 Å². The van der Waals surface area contributed by atoms with Crippen LogP contribution in [0.15, 0.2) is 29.2 Å². The number of urea groups is 1. The van der Waals surface area contributed by atoms with E-state index in [-0.39, 0.29) is 12.6 Å². The van der Waals surface area contributed by atoms with Gasteiger partial charge in [0, 0.05) is 30.7 Å². The molecule has 0 bridgehead atoms. The molecule has 1 heterocycles. The van der Waals surface area contributed by atoms with E-state index >= 15 is 0 Å². The minimum atomic E-state index is -1.01. The normalized spacial score (nSPS) is 21.3. The van der Waals surface area contributed by atoms with Crippen LogP contribution in [0.3, 0.4) is 0 Å². The van der Waals surface area contributed by atoms with Gasteiger partial charge in [-0.25, -0.2) is 9.59 Å². The first-order valence-corrected chi connectivity index (χ1v) is 7.75. The van der Waals surface area contributed by atoms with Crippen molar-refractivity contribution in [1.29, 1.82) is 0 Å². The number of benzene rings is 1. The molecule has 2 rings (SSSR count). The Labute approximate surface area is 127 Å². The zero-order chi connectivity index (χ0) is 15.4. The van der Waals surface area contributed by atoms with E-state index in [4.69, 9.17) is 4.74 Å². The Morgan fingerprint density at radius 1 is 1.38 bits per heavy atom. The molecule has 1 saturated heterocycles. The quantitative estimate of drug-likeness (QED) is 0.833. The molecular formula is C14H18N2O4S. The first kappa shape index (κ1) is 15.7. The Hall–Kier alpha value is -1.73. The molecule has 1 aromatic rings. The monoisotopic (exact) mass is 310 g/mol. The van der Waals surface area contributed by atoms with E-state index in [1.54, 1.807) is 23.9 Å². The highest BCUT2D eigenvalue weighted by molar-refractivity contribution is 7.98. The van der Waals surface area contributed by atoms with Gasteiger partial charge in [0.1, 0.15) is 6.04 Å². The molecule has 1 aromatic carbocycles. The Bertz CT molecular complexity index is 520. The highest BCUT2D eigenvalue weighted by atomic mass is 32.2. The average Bonchev–Trinajstić information content (AvgIpc) is 2.92. The van der Waals surface area contributed by atoms with Crippen molar-refractivity contribution in [3.05, 3.63) is 24.3 Å². The van der Waals surface area contributed by atoms with E-state index in [1.165, 1.54) is 12.0 Å². The van der Waals surface area contributed by atoms with Gasteiger partial charge < -0.3 is 20.1 Å². The molecule has 21 heavy (non-hydrogen) atoms. The fraction of sp³-hybridized carbons (Fsp3) is 0.429. The van der Waals surface area contributed by atoms with Crippen molar-refractivity contribution in [2.24, 2.45) is 0 Å². The number of hydrogen-bond acceptors (Lipinski definition) is 4. The van der Waals surface area contributed by atoms with Crippen molar-refractivity contribution in [3.63, 3.8) is 0 Å². The lowest BCUT2D eigenvalue weighted by molar-refractivity contribution is -0.141. The van der Waals surface area contributed by atoms with Crippen LogP contribution in [-0.2, 0) is 9.53 Å². The fourth-order valence-corrected chi connectivity index (χ4v) is 2.70. The largest absolute Gasteiger partial charge is 0.480 e. The summed E-state index contributed by atoms with van der Waals surface area (Å²) in [6, 6.07) is 6.12. The zero-order valence-corrected chi connectivity index (χ0v) is 12.7. The Kier molecular flexibility index (Phi) is 5.08. The number of rotatable bonds is 4. The summed E-state index contributed by atoms with van der Waals surface area (Å²) < 4.78 is 5.16. The van der Waals surface area contributed by atoms with Crippen molar-refractivity contribution in [2.45, 2.75) is 23.5 Å². The van der Waals surface area contributed by atoms with Gasteiger partial charge >= 0.3 is 12.0 Å². The second-order valence-corrected chi connectivity index (χ2v) is 5.64. The lowest BCUT2D eigenvalue weighted by Crippen LogP contribution is -2.43. The molecule has 2 unspecified atom stereocenters. The molecular weight excluding hydrogens is 292 g/mol. The molecule has 114 valence electrons. The number of nitrogens with zero attached hydrogens (tertiary/aromatic N) is 1. The Morgan fingerprint density at radius 2 is 2.05 bits per heavy atom. The summed E-state index contributed by atoms with van der Waals surface area (Å²) in [4.78, 5) is 25.9. The maximum atomic E-state index is 12.2. The molecule has 1 aliphatic heterocycles. The van der Waals surface area contributed by atoms with Gasteiger partial charge in [0.25, 0.3) is 0 Å². The molecule has 2 amide bonds. The van der Waals surface area contributed by atoms with Gasteiger partial charge in [-0.15, -0.1) is 11.8 Å². The van der Waals surface area contributed by atoms with Crippen LogP contribution in [0.25, 0.3) is 0 Å². The fourth-order valence-electron chi connectivity index (χ4n) is 2.30. The van der Waals surface area contributed by atoms with Gasteiger partial charge in [-0.3, -0.25) is 0 Å². The number of carbonyl (C=O) groups is 2. The molecule has 0 radical (unpaired) electrons. The second kappa shape index (κ2) is 6.82. The molecule has 1 fully saturated rings. The zero-order valence-electron chi connectivity index (χ0n) is 11.9.